The summed E-state index contributed by atoms with van der Waals surface area (Å²) in [5, 5.41) is 11.7. The van der Waals surface area contributed by atoms with Crippen LogP contribution in [0.2, 0.25) is 0 Å². The van der Waals surface area contributed by atoms with Crippen LogP contribution in [-0.2, 0) is 0 Å². The van der Waals surface area contributed by atoms with E-state index in [0.29, 0.717) is 12.1 Å². The van der Waals surface area contributed by atoms with Crippen LogP contribution < -0.4 is 5.32 Å². The Hall–Kier alpha value is -1.08. The number of anilines is 1. The molecule has 0 spiro atoms. The lowest BCUT2D eigenvalue weighted by Crippen LogP contribution is -2.16. The molecule has 0 radical (unpaired) electrons. The summed E-state index contributed by atoms with van der Waals surface area (Å²) in [6.45, 7) is 1.90. The standard InChI is InChI=1S/C10H10BrFN2/c1-2-8(6-13)14-10-5-7(12)3-4-9(10)11/h3-5,8,14H,2H2,1H3. The lowest BCUT2D eigenvalue weighted by Gasteiger charge is -2.12. The van der Waals surface area contributed by atoms with Gasteiger partial charge in [0, 0.05) is 4.47 Å². The van der Waals surface area contributed by atoms with Crippen molar-refractivity contribution >= 4 is 21.6 Å². The first kappa shape index (κ1) is 11.0. The molecule has 0 heterocycles. The van der Waals surface area contributed by atoms with E-state index in [-0.39, 0.29) is 11.9 Å². The van der Waals surface area contributed by atoms with Gasteiger partial charge < -0.3 is 5.32 Å². The maximum absolute atomic E-state index is 12.9. The highest BCUT2D eigenvalue weighted by molar-refractivity contribution is 9.10. The van der Waals surface area contributed by atoms with E-state index in [9.17, 15) is 4.39 Å². The summed E-state index contributed by atoms with van der Waals surface area (Å²) in [5.41, 5.74) is 0.610. The molecule has 1 aromatic rings. The number of rotatable bonds is 3. The van der Waals surface area contributed by atoms with Crippen molar-refractivity contribution in [2.75, 3.05) is 5.32 Å². The number of hydrogen-bond donors (Lipinski definition) is 1. The number of nitriles is 1. The fourth-order valence-electron chi connectivity index (χ4n) is 1.02. The molecule has 0 aromatic heterocycles. The second kappa shape index (κ2) is 4.97. The summed E-state index contributed by atoms with van der Waals surface area (Å²) >= 11 is 3.28. The fourth-order valence-corrected chi connectivity index (χ4v) is 1.38. The predicted octanol–water partition coefficient (Wildman–Crippen LogP) is 3.30. The molecule has 74 valence electrons. The van der Waals surface area contributed by atoms with Crippen LogP contribution in [0.3, 0.4) is 0 Å². The Morgan fingerprint density at radius 3 is 2.93 bits per heavy atom. The fraction of sp³-hybridized carbons (Fsp3) is 0.300. The van der Waals surface area contributed by atoms with Gasteiger partial charge in [-0.25, -0.2) is 4.39 Å². The van der Waals surface area contributed by atoms with Crippen LogP contribution in [0.15, 0.2) is 22.7 Å². The molecule has 0 aliphatic carbocycles. The third-order valence-corrected chi connectivity index (χ3v) is 2.51. The molecule has 0 amide bonds. The molecule has 1 N–H and O–H groups in total. The Bertz CT molecular complexity index is 360. The van der Waals surface area contributed by atoms with Crippen LogP contribution in [-0.4, -0.2) is 6.04 Å². The van der Waals surface area contributed by atoms with E-state index in [1.165, 1.54) is 12.1 Å². The molecule has 1 unspecified atom stereocenters. The average Bonchev–Trinajstić information content (AvgIpc) is 2.19. The van der Waals surface area contributed by atoms with Crippen molar-refractivity contribution in [1.82, 2.24) is 0 Å². The topological polar surface area (TPSA) is 35.8 Å². The summed E-state index contributed by atoms with van der Waals surface area (Å²) in [6, 6.07) is 6.15. The summed E-state index contributed by atoms with van der Waals surface area (Å²) in [5.74, 6) is -0.316. The van der Waals surface area contributed by atoms with Gasteiger partial charge in [-0.15, -0.1) is 0 Å². The minimum absolute atomic E-state index is 0.284. The van der Waals surface area contributed by atoms with Crippen LogP contribution in [0.4, 0.5) is 10.1 Å². The Morgan fingerprint density at radius 1 is 1.64 bits per heavy atom. The normalized spacial score (nSPS) is 11.9. The number of halogens is 2. The first-order valence-electron chi connectivity index (χ1n) is 4.28. The summed E-state index contributed by atoms with van der Waals surface area (Å²) in [4.78, 5) is 0. The van der Waals surface area contributed by atoms with E-state index in [0.717, 1.165) is 4.47 Å². The van der Waals surface area contributed by atoms with Gasteiger partial charge in [-0.3, -0.25) is 0 Å². The summed E-state index contributed by atoms with van der Waals surface area (Å²) < 4.78 is 13.6. The van der Waals surface area contributed by atoms with E-state index in [4.69, 9.17) is 5.26 Å². The second-order valence-electron chi connectivity index (χ2n) is 2.86. The Balaban J connectivity index is 2.86. The van der Waals surface area contributed by atoms with Crippen molar-refractivity contribution < 1.29 is 4.39 Å². The molecule has 0 aliphatic rings. The Morgan fingerprint density at radius 2 is 2.36 bits per heavy atom. The molecular formula is C10H10BrFN2. The van der Waals surface area contributed by atoms with Gasteiger partial charge in [0.15, 0.2) is 0 Å². The lowest BCUT2D eigenvalue weighted by molar-refractivity contribution is 0.627. The zero-order valence-electron chi connectivity index (χ0n) is 7.72. The first-order chi connectivity index (χ1) is 6.67. The molecule has 4 heteroatoms. The third kappa shape index (κ3) is 2.71. The van der Waals surface area contributed by atoms with Crippen LogP contribution in [0.5, 0.6) is 0 Å². The van der Waals surface area contributed by atoms with Gasteiger partial charge in [-0.1, -0.05) is 6.92 Å². The molecule has 0 aliphatic heterocycles. The molecule has 14 heavy (non-hydrogen) atoms. The highest BCUT2D eigenvalue weighted by atomic mass is 79.9. The van der Waals surface area contributed by atoms with Gasteiger partial charge in [0.2, 0.25) is 0 Å². The molecule has 1 rings (SSSR count). The number of benzene rings is 1. The van der Waals surface area contributed by atoms with Gasteiger partial charge in [0.1, 0.15) is 11.9 Å². The van der Waals surface area contributed by atoms with E-state index in [2.05, 4.69) is 27.3 Å². The monoisotopic (exact) mass is 256 g/mol. The zero-order chi connectivity index (χ0) is 10.6. The van der Waals surface area contributed by atoms with E-state index < -0.39 is 0 Å². The minimum Gasteiger partial charge on any atom is -0.369 e. The predicted molar refractivity (Wildman–Crippen MR) is 57.4 cm³/mol. The summed E-state index contributed by atoms with van der Waals surface area (Å²) in [7, 11) is 0. The number of nitrogens with zero attached hydrogens (tertiary/aromatic N) is 1. The largest absolute Gasteiger partial charge is 0.369 e. The first-order valence-corrected chi connectivity index (χ1v) is 5.08. The highest BCUT2D eigenvalue weighted by Gasteiger charge is 2.07. The second-order valence-corrected chi connectivity index (χ2v) is 3.71. The Kier molecular flexibility index (Phi) is 3.90. The van der Waals surface area contributed by atoms with Crippen LogP contribution in [0, 0.1) is 17.1 Å². The van der Waals surface area contributed by atoms with Gasteiger partial charge in [0.25, 0.3) is 0 Å². The maximum atomic E-state index is 12.9. The molecule has 0 saturated heterocycles. The van der Waals surface area contributed by atoms with Crippen LogP contribution in [0.1, 0.15) is 13.3 Å². The Labute approximate surface area is 90.9 Å². The van der Waals surface area contributed by atoms with Crippen molar-refractivity contribution in [3.8, 4) is 6.07 Å². The number of hydrogen-bond acceptors (Lipinski definition) is 2. The highest BCUT2D eigenvalue weighted by Crippen LogP contribution is 2.23. The number of nitrogens with one attached hydrogen (secondary N) is 1. The molecule has 0 bridgehead atoms. The van der Waals surface area contributed by atoms with E-state index in [1.807, 2.05) is 6.92 Å². The van der Waals surface area contributed by atoms with Gasteiger partial charge in [-0.05, 0) is 40.5 Å². The van der Waals surface area contributed by atoms with Crippen molar-refractivity contribution in [2.24, 2.45) is 0 Å². The quantitative estimate of drug-likeness (QED) is 0.901. The van der Waals surface area contributed by atoms with Crippen molar-refractivity contribution in [3.63, 3.8) is 0 Å². The van der Waals surface area contributed by atoms with E-state index in [1.54, 1.807) is 6.07 Å². The molecule has 0 fully saturated rings. The summed E-state index contributed by atoms with van der Waals surface area (Å²) in [6.07, 6.45) is 0.680. The van der Waals surface area contributed by atoms with Crippen LogP contribution in [0.25, 0.3) is 0 Å². The zero-order valence-corrected chi connectivity index (χ0v) is 9.31. The molecule has 2 nitrogen and oxygen atoms in total. The molecule has 0 saturated carbocycles. The minimum atomic E-state index is -0.316. The van der Waals surface area contributed by atoms with Crippen molar-refractivity contribution in [1.29, 1.82) is 5.26 Å². The lowest BCUT2D eigenvalue weighted by atomic mass is 10.2. The maximum Gasteiger partial charge on any atom is 0.125 e. The third-order valence-electron chi connectivity index (χ3n) is 1.82. The molecule has 1 aromatic carbocycles. The van der Waals surface area contributed by atoms with Crippen molar-refractivity contribution in [2.45, 2.75) is 19.4 Å². The van der Waals surface area contributed by atoms with Gasteiger partial charge in [0.05, 0.1) is 11.8 Å². The van der Waals surface area contributed by atoms with Crippen molar-refractivity contribution in [3.05, 3.63) is 28.5 Å². The smallest absolute Gasteiger partial charge is 0.125 e. The molecule has 1 atom stereocenters. The average molecular weight is 257 g/mol. The van der Waals surface area contributed by atoms with Crippen LogP contribution >= 0.6 is 15.9 Å². The van der Waals surface area contributed by atoms with Gasteiger partial charge >= 0.3 is 0 Å². The van der Waals surface area contributed by atoms with Gasteiger partial charge in [-0.2, -0.15) is 5.26 Å². The molecular weight excluding hydrogens is 247 g/mol. The van der Waals surface area contributed by atoms with E-state index >= 15 is 0 Å². The SMILES string of the molecule is CCC(C#N)Nc1cc(F)ccc1Br.